The molecule has 29 heavy (non-hydrogen) atoms. The first kappa shape index (κ1) is 19.2. The van der Waals surface area contributed by atoms with E-state index in [1.165, 1.54) is 11.8 Å². The van der Waals surface area contributed by atoms with E-state index in [1.807, 2.05) is 78.9 Å². The van der Waals surface area contributed by atoms with Crippen LogP contribution in [-0.2, 0) is 4.79 Å². The third-order valence-corrected chi connectivity index (χ3v) is 6.02. The molecule has 3 aromatic carbocycles. The number of carbonyl (C=O) groups is 1. The molecule has 1 N–H and O–H groups in total. The molecule has 0 radical (unpaired) electrons. The third kappa shape index (κ3) is 5.43. The maximum atomic E-state index is 12.0. The molecule has 0 saturated heterocycles. The van der Waals surface area contributed by atoms with Crippen LogP contribution in [0, 0.1) is 0 Å². The first-order chi connectivity index (χ1) is 14.3. The van der Waals surface area contributed by atoms with Crippen LogP contribution in [0.4, 0.5) is 0 Å². The number of ether oxygens (including phenoxy) is 1. The number of amides is 1. The SMILES string of the molecule is O=C(CSc1nc2ccccc2s1)N/N=C/c1cccc(Oc2ccccc2)c1. The second kappa shape index (κ2) is 9.36. The number of hydrogen-bond acceptors (Lipinski definition) is 6. The molecule has 0 atom stereocenters. The predicted molar refractivity (Wildman–Crippen MR) is 119 cm³/mol. The average Bonchev–Trinajstić information content (AvgIpc) is 3.16. The number of nitrogens with zero attached hydrogens (tertiary/aromatic N) is 2. The van der Waals surface area contributed by atoms with E-state index in [4.69, 9.17) is 4.74 Å². The summed E-state index contributed by atoms with van der Waals surface area (Å²) < 4.78 is 7.79. The van der Waals surface area contributed by atoms with E-state index in [-0.39, 0.29) is 11.7 Å². The molecular formula is C22H17N3O2S2. The Kier molecular flexibility index (Phi) is 6.19. The number of carbonyl (C=O) groups excluding carboxylic acids is 1. The molecule has 7 heteroatoms. The van der Waals surface area contributed by atoms with Gasteiger partial charge in [0.2, 0.25) is 0 Å². The lowest BCUT2D eigenvalue weighted by Gasteiger charge is -2.05. The van der Waals surface area contributed by atoms with Gasteiger partial charge in [0.15, 0.2) is 4.34 Å². The highest BCUT2D eigenvalue weighted by molar-refractivity contribution is 8.01. The van der Waals surface area contributed by atoms with Crippen LogP contribution in [0.15, 0.2) is 88.3 Å². The minimum absolute atomic E-state index is 0.179. The summed E-state index contributed by atoms with van der Waals surface area (Å²) in [4.78, 5) is 16.5. The van der Waals surface area contributed by atoms with Crippen LogP contribution in [0.25, 0.3) is 10.2 Å². The molecule has 4 aromatic rings. The Bertz CT molecular complexity index is 1110. The second-order valence-corrected chi connectivity index (χ2v) is 8.27. The monoisotopic (exact) mass is 419 g/mol. The van der Waals surface area contributed by atoms with Gasteiger partial charge in [-0.2, -0.15) is 5.10 Å². The average molecular weight is 420 g/mol. The molecule has 4 rings (SSSR count). The maximum absolute atomic E-state index is 12.0. The van der Waals surface area contributed by atoms with Gasteiger partial charge < -0.3 is 4.74 Å². The molecular weight excluding hydrogens is 402 g/mol. The third-order valence-electron chi connectivity index (χ3n) is 3.84. The van der Waals surface area contributed by atoms with Gasteiger partial charge in [0.1, 0.15) is 11.5 Å². The van der Waals surface area contributed by atoms with Crippen molar-refractivity contribution < 1.29 is 9.53 Å². The van der Waals surface area contributed by atoms with Crippen molar-refractivity contribution in [2.75, 3.05) is 5.75 Å². The molecule has 0 unspecified atom stereocenters. The number of thiazole rings is 1. The Morgan fingerprint density at radius 3 is 2.69 bits per heavy atom. The highest BCUT2D eigenvalue weighted by Gasteiger charge is 2.07. The van der Waals surface area contributed by atoms with Crippen molar-refractivity contribution in [3.05, 3.63) is 84.4 Å². The molecule has 0 saturated carbocycles. The Labute approximate surface area is 176 Å². The molecule has 0 spiro atoms. The van der Waals surface area contributed by atoms with Crippen LogP contribution in [-0.4, -0.2) is 22.9 Å². The van der Waals surface area contributed by atoms with E-state index in [1.54, 1.807) is 17.6 Å². The molecule has 0 aliphatic carbocycles. The van der Waals surface area contributed by atoms with Crippen molar-refractivity contribution in [1.29, 1.82) is 0 Å². The van der Waals surface area contributed by atoms with Gasteiger partial charge in [0, 0.05) is 0 Å². The lowest BCUT2D eigenvalue weighted by molar-refractivity contribution is -0.118. The van der Waals surface area contributed by atoms with Crippen LogP contribution in [0.2, 0.25) is 0 Å². The van der Waals surface area contributed by atoms with Gasteiger partial charge in [-0.25, -0.2) is 10.4 Å². The van der Waals surface area contributed by atoms with E-state index in [2.05, 4.69) is 15.5 Å². The van der Waals surface area contributed by atoms with E-state index in [0.717, 1.165) is 25.9 Å². The van der Waals surface area contributed by atoms with Gasteiger partial charge in [-0.15, -0.1) is 11.3 Å². The van der Waals surface area contributed by atoms with Gasteiger partial charge in [-0.3, -0.25) is 4.79 Å². The number of thioether (sulfide) groups is 1. The van der Waals surface area contributed by atoms with Crippen molar-refractivity contribution in [2.24, 2.45) is 5.10 Å². The molecule has 5 nitrogen and oxygen atoms in total. The molecule has 1 aromatic heterocycles. The number of nitrogens with one attached hydrogen (secondary N) is 1. The van der Waals surface area contributed by atoms with Crippen LogP contribution in [0.1, 0.15) is 5.56 Å². The fourth-order valence-corrected chi connectivity index (χ4v) is 4.39. The molecule has 0 aliphatic heterocycles. The minimum atomic E-state index is -0.179. The molecule has 0 bridgehead atoms. The summed E-state index contributed by atoms with van der Waals surface area (Å²) in [5.74, 6) is 1.55. The molecule has 0 aliphatic rings. The Morgan fingerprint density at radius 1 is 1.03 bits per heavy atom. The minimum Gasteiger partial charge on any atom is -0.457 e. The topological polar surface area (TPSA) is 63.6 Å². The largest absolute Gasteiger partial charge is 0.457 e. The standard InChI is InChI=1S/C22H17N3O2S2/c26-21(15-28-22-24-19-11-4-5-12-20(19)29-22)25-23-14-16-7-6-10-18(13-16)27-17-8-2-1-3-9-17/h1-14H,15H2,(H,25,26)/b23-14+. The van der Waals surface area contributed by atoms with Crippen LogP contribution >= 0.6 is 23.1 Å². The van der Waals surface area contributed by atoms with Gasteiger partial charge in [0.05, 0.1) is 22.2 Å². The number of hydrogen-bond donors (Lipinski definition) is 1. The number of rotatable bonds is 7. The first-order valence-electron chi connectivity index (χ1n) is 8.89. The molecule has 144 valence electrons. The number of benzene rings is 3. The van der Waals surface area contributed by atoms with E-state index in [9.17, 15) is 4.79 Å². The van der Waals surface area contributed by atoms with Crippen LogP contribution in [0.3, 0.4) is 0 Å². The number of fused-ring (bicyclic) bond motifs is 1. The zero-order valence-electron chi connectivity index (χ0n) is 15.3. The molecule has 1 heterocycles. The maximum Gasteiger partial charge on any atom is 0.250 e. The Morgan fingerprint density at radius 2 is 1.83 bits per heavy atom. The predicted octanol–water partition coefficient (Wildman–Crippen LogP) is 5.33. The highest BCUT2D eigenvalue weighted by Crippen LogP contribution is 2.29. The highest BCUT2D eigenvalue weighted by atomic mass is 32.2. The lowest BCUT2D eigenvalue weighted by Crippen LogP contribution is -2.19. The van der Waals surface area contributed by atoms with Crippen molar-refractivity contribution in [3.63, 3.8) is 0 Å². The van der Waals surface area contributed by atoms with Crippen LogP contribution in [0.5, 0.6) is 11.5 Å². The summed E-state index contributed by atoms with van der Waals surface area (Å²) in [7, 11) is 0. The summed E-state index contributed by atoms with van der Waals surface area (Å²) >= 11 is 2.99. The number of para-hydroxylation sites is 2. The first-order valence-corrected chi connectivity index (χ1v) is 10.7. The summed E-state index contributed by atoms with van der Waals surface area (Å²) in [6, 6.07) is 25.0. The van der Waals surface area contributed by atoms with E-state index in [0.29, 0.717) is 5.75 Å². The zero-order chi connectivity index (χ0) is 19.9. The van der Waals surface area contributed by atoms with Gasteiger partial charge in [0.25, 0.3) is 5.91 Å². The van der Waals surface area contributed by atoms with E-state index >= 15 is 0 Å². The molecule has 0 fully saturated rings. The zero-order valence-corrected chi connectivity index (χ0v) is 17.0. The number of hydrazone groups is 1. The second-order valence-electron chi connectivity index (χ2n) is 6.02. The van der Waals surface area contributed by atoms with Gasteiger partial charge in [-0.1, -0.05) is 54.2 Å². The quantitative estimate of drug-likeness (QED) is 0.250. The smallest absolute Gasteiger partial charge is 0.250 e. The van der Waals surface area contributed by atoms with Gasteiger partial charge >= 0.3 is 0 Å². The summed E-state index contributed by atoms with van der Waals surface area (Å²) in [6.45, 7) is 0. The van der Waals surface area contributed by atoms with Crippen molar-refractivity contribution in [1.82, 2.24) is 10.4 Å². The number of aromatic nitrogens is 1. The fourth-order valence-electron chi connectivity index (χ4n) is 2.53. The Hall–Kier alpha value is -3.16. The molecule has 1 amide bonds. The van der Waals surface area contributed by atoms with Crippen molar-refractivity contribution in [3.8, 4) is 11.5 Å². The van der Waals surface area contributed by atoms with Crippen LogP contribution < -0.4 is 10.2 Å². The Balaban J connectivity index is 1.29. The van der Waals surface area contributed by atoms with Crippen molar-refractivity contribution in [2.45, 2.75) is 4.34 Å². The fraction of sp³-hybridized carbons (Fsp3) is 0.0455. The summed E-state index contributed by atoms with van der Waals surface area (Å²) in [5.41, 5.74) is 4.34. The summed E-state index contributed by atoms with van der Waals surface area (Å²) in [6.07, 6.45) is 1.60. The normalized spacial score (nSPS) is 11.0. The van der Waals surface area contributed by atoms with E-state index < -0.39 is 0 Å². The van der Waals surface area contributed by atoms with Crippen molar-refractivity contribution >= 4 is 45.4 Å². The van der Waals surface area contributed by atoms with Gasteiger partial charge in [-0.05, 0) is 42.0 Å². The summed E-state index contributed by atoms with van der Waals surface area (Å²) in [5, 5.41) is 4.03. The lowest BCUT2D eigenvalue weighted by atomic mass is 10.2.